The lowest BCUT2D eigenvalue weighted by atomic mass is 9.89. The summed E-state index contributed by atoms with van der Waals surface area (Å²) in [6, 6.07) is 54.3. The van der Waals surface area contributed by atoms with Crippen molar-refractivity contribution in [1.29, 1.82) is 0 Å². The fourth-order valence-corrected chi connectivity index (χ4v) is 19.9. The second-order valence-electron chi connectivity index (χ2n) is 23.3. The van der Waals surface area contributed by atoms with Crippen molar-refractivity contribution < 1.29 is 64.3 Å². The molecular weight excluding hydrogens is 1460 g/mol. The number of benzene rings is 6. The maximum Gasteiger partial charge on any atom is 0.499 e. The van der Waals surface area contributed by atoms with E-state index in [1.54, 1.807) is 170 Å². The van der Waals surface area contributed by atoms with E-state index in [1.807, 2.05) is 84.9 Å². The summed E-state index contributed by atoms with van der Waals surface area (Å²) in [4.78, 5) is 41.2. The lowest BCUT2D eigenvalue weighted by Gasteiger charge is -2.19. The number of anilines is 3. The Balaban J connectivity index is 0.000000156. The van der Waals surface area contributed by atoms with Crippen molar-refractivity contribution in [2.45, 2.75) is 88.2 Å². The predicted octanol–water partition coefficient (Wildman–Crippen LogP) is 17.3. The zero-order valence-corrected chi connectivity index (χ0v) is 61.7. The Labute approximate surface area is 589 Å². The van der Waals surface area contributed by atoms with Crippen LogP contribution in [0.4, 0.5) is 17.1 Å². The molecule has 0 fully saturated rings. The van der Waals surface area contributed by atoms with E-state index in [4.69, 9.17) is 19.5 Å². The third-order valence-corrected chi connectivity index (χ3v) is 25.7. The number of carbonyl (C=O) groups excluding carboxylic acids is 2. The fraction of sp³-hybridized carbons (Fsp3) is 0.162. The predicted molar refractivity (Wildman–Crippen MR) is 397 cm³/mol. The summed E-state index contributed by atoms with van der Waals surface area (Å²) in [6.45, 7) is 15.8. The first-order valence-corrected chi connectivity index (χ1v) is 39.1. The molecule has 498 valence electrons. The number of ether oxygens (including phenoxy) is 2. The van der Waals surface area contributed by atoms with Crippen LogP contribution >= 0.6 is 84.0 Å². The normalized spacial score (nSPS) is 11.8. The van der Waals surface area contributed by atoms with E-state index in [0.717, 1.165) is 67.6 Å². The van der Waals surface area contributed by atoms with Crippen molar-refractivity contribution in [3.8, 4) is 19.5 Å². The van der Waals surface area contributed by atoms with Crippen LogP contribution in [0, 0.1) is 20.8 Å². The number of carboxylic acids is 1. The van der Waals surface area contributed by atoms with Crippen LogP contribution in [-0.4, -0.2) is 76.6 Å². The van der Waals surface area contributed by atoms with Gasteiger partial charge in [0.05, 0.1) is 35.5 Å². The second-order valence-corrected chi connectivity index (χ2v) is 36.1. The number of esters is 2. The molecule has 0 amide bonds. The van der Waals surface area contributed by atoms with Gasteiger partial charge in [0.25, 0.3) is 30.1 Å². The fourth-order valence-electron chi connectivity index (χ4n) is 9.23. The minimum absolute atomic E-state index is 0.0374. The molecule has 0 saturated heterocycles. The molecule has 0 unspecified atom stereocenters. The van der Waals surface area contributed by atoms with Crippen molar-refractivity contribution in [1.82, 2.24) is 0 Å². The number of carboxylic acid groups (broad SMARTS) is 1. The monoisotopic (exact) mass is 1520 g/mol. The van der Waals surface area contributed by atoms with Crippen LogP contribution in [0.3, 0.4) is 0 Å². The van der Waals surface area contributed by atoms with Gasteiger partial charge in [-0.25, -0.2) is 39.6 Å². The molecular formula is C68H63BBrN3O14S9. The van der Waals surface area contributed by atoms with E-state index < -0.39 is 66.3 Å². The Hall–Kier alpha value is -7.58. The van der Waals surface area contributed by atoms with E-state index in [2.05, 4.69) is 30.1 Å². The Morgan fingerprint density at radius 2 is 0.729 bits per heavy atom. The molecule has 0 saturated carbocycles. The molecule has 0 bridgehead atoms. The summed E-state index contributed by atoms with van der Waals surface area (Å²) in [7, 11) is -12.9. The van der Waals surface area contributed by atoms with E-state index in [-0.39, 0.29) is 46.4 Å². The highest BCUT2D eigenvalue weighted by Gasteiger charge is 2.30. The molecule has 6 aromatic heterocycles. The Kier molecular flexibility index (Phi) is 22.7. The summed E-state index contributed by atoms with van der Waals surface area (Å²) in [6.07, 6.45) is 0. The van der Waals surface area contributed by atoms with Gasteiger partial charge in [0.2, 0.25) is 0 Å². The number of hydrogen-bond acceptors (Lipinski definition) is 19. The number of fused-ring (bicyclic) bond motifs is 3. The number of aromatic carboxylic acids is 1. The smallest absolute Gasteiger partial charge is 0.477 e. The van der Waals surface area contributed by atoms with Gasteiger partial charge in [0.15, 0.2) is 0 Å². The van der Waals surface area contributed by atoms with Gasteiger partial charge in [0, 0.05) is 38.4 Å². The Morgan fingerprint density at radius 3 is 1.08 bits per heavy atom. The van der Waals surface area contributed by atoms with Gasteiger partial charge in [-0.05, 0) is 184 Å². The number of rotatable bonds is 15. The van der Waals surface area contributed by atoms with Crippen molar-refractivity contribution in [3.05, 3.63) is 217 Å². The van der Waals surface area contributed by atoms with Crippen LogP contribution in [0.5, 0.6) is 0 Å². The van der Waals surface area contributed by atoms with Crippen molar-refractivity contribution >= 4 is 191 Å². The lowest BCUT2D eigenvalue weighted by molar-refractivity contribution is 0.00635. The van der Waals surface area contributed by atoms with Gasteiger partial charge < -0.3 is 24.6 Å². The van der Waals surface area contributed by atoms with Gasteiger partial charge in [-0.3, -0.25) is 14.2 Å². The number of thiophene rings is 6. The SMILES string of the molecule is Cc1ccccc1S(=O)(=O)Nc1cc(-c2cc3ccccc3s2)sc1C(=O)O.Cc1ccccc1S(=O)(=O)Nc1cc(-c2cc3ccccc3s2)sc1C(=O)OC(C)(C)C.Cc1ccccc1S(=O)(=O)Nc1cc(Br)sc1C(=O)OC(C)(C)C.OB(O)c1cc2ccccc2s1. The standard InChI is InChI=1S/C24H23NO4S3.C20H15NO4S3.C16H18BrNO4S2.C8H7BO2S/c1-15-9-5-8-12-21(15)32(27,28)25-17-14-20(31-22(17)23(26)29-24(2,3)4)19-13-16-10-6-7-11-18(16)30-19;1-12-6-2-5-9-18(12)28(24,25)21-14-11-17(27-19(14)20(22)23)16-10-13-7-3-4-8-15(13)26-16;1-10-7-5-6-8-12(10)24(20,21)18-11-9-13(17)23-14(11)15(19)22-16(2,3)4;10-9(11)8-5-6-3-1-2-4-7(6)12-8/h5-14,25H,1-4H3;2-11,21H,1H3,(H,22,23);5-9,18H,1-4H3;1-5,10-11H. The number of aryl methyl sites for hydroxylation is 3. The van der Waals surface area contributed by atoms with Crippen molar-refractivity contribution in [2.75, 3.05) is 14.2 Å². The molecule has 6 aromatic carbocycles. The first-order chi connectivity index (χ1) is 45.1. The minimum atomic E-state index is -3.90. The van der Waals surface area contributed by atoms with Crippen molar-refractivity contribution in [3.63, 3.8) is 0 Å². The van der Waals surface area contributed by atoms with E-state index in [9.17, 15) is 44.7 Å². The molecule has 0 spiro atoms. The summed E-state index contributed by atoms with van der Waals surface area (Å²) in [5.41, 5.74) is 0.964. The zero-order valence-electron chi connectivity index (χ0n) is 52.8. The summed E-state index contributed by atoms with van der Waals surface area (Å²) in [5, 5.41) is 30.6. The highest BCUT2D eigenvalue weighted by Crippen LogP contribution is 2.44. The molecule has 0 aliphatic rings. The maximum atomic E-state index is 13.1. The lowest BCUT2D eigenvalue weighted by Crippen LogP contribution is -2.26. The highest BCUT2D eigenvalue weighted by atomic mass is 79.9. The average Bonchev–Trinajstić information content (AvgIpc) is 1.58. The number of hydrogen-bond donors (Lipinski definition) is 6. The third kappa shape index (κ3) is 18.3. The summed E-state index contributed by atoms with van der Waals surface area (Å²) >= 11 is 11.2. The van der Waals surface area contributed by atoms with Crippen LogP contribution in [-0.2, 0) is 39.5 Å². The number of nitrogens with one attached hydrogen (secondary N) is 3. The van der Waals surface area contributed by atoms with Crippen LogP contribution < -0.4 is 18.9 Å². The molecule has 0 atom stereocenters. The van der Waals surface area contributed by atoms with Crippen LogP contribution in [0.1, 0.15) is 87.2 Å². The first kappa shape index (κ1) is 72.7. The highest BCUT2D eigenvalue weighted by molar-refractivity contribution is 9.11. The van der Waals surface area contributed by atoms with E-state index in [1.165, 1.54) is 34.8 Å². The van der Waals surface area contributed by atoms with Gasteiger partial charge in [-0.2, -0.15) is 0 Å². The molecule has 6 heterocycles. The Bertz CT molecular complexity index is 5110. The molecule has 17 nitrogen and oxygen atoms in total. The minimum Gasteiger partial charge on any atom is -0.477 e. The molecule has 12 rings (SSSR count). The molecule has 0 radical (unpaired) electrons. The Morgan fingerprint density at radius 1 is 0.417 bits per heavy atom. The van der Waals surface area contributed by atoms with Gasteiger partial charge in [-0.1, -0.05) is 109 Å². The largest absolute Gasteiger partial charge is 0.499 e. The van der Waals surface area contributed by atoms with Crippen LogP contribution in [0.2, 0.25) is 0 Å². The molecule has 6 N–H and O–H groups in total. The molecule has 0 aliphatic carbocycles. The summed E-state index contributed by atoms with van der Waals surface area (Å²) in [5.74, 6) is -2.29. The third-order valence-electron chi connectivity index (χ3n) is 13.4. The number of sulfonamides is 3. The molecule has 28 heteroatoms. The molecule has 96 heavy (non-hydrogen) atoms. The van der Waals surface area contributed by atoms with E-state index in [0.29, 0.717) is 30.1 Å². The average molecular weight is 1530 g/mol. The number of halogens is 1. The summed E-state index contributed by atoms with van der Waals surface area (Å²) < 4.78 is 100. The van der Waals surface area contributed by atoms with Crippen LogP contribution in [0.15, 0.2) is 200 Å². The van der Waals surface area contributed by atoms with Gasteiger partial charge >= 0.3 is 25.0 Å². The molecule has 0 aliphatic heterocycles. The quantitative estimate of drug-likeness (QED) is 0.0412. The van der Waals surface area contributed by atoms with E-state index >= 15 is 0 Å². The topological polar surface area (TPSA) is 269 Å². The number of carbonyl (C=O) groups is 3. The first-order valence-electron chi connectivity index (χ1n) is 29.0. The maximum absolute atomic E-state index is 13.1. The van der Waals surface area contributed by atoms with Crippen molar-refractivity contribution in [2.24, 2.45) is 0 Å². The van der Waals surface area contributed by atoms with Gasteiger partial charge in [-0.15, -0.1) is 68.0 Å². The zero-order chi connectivity index (χ0) is 69.7. The molecule has 12 aromatic rings. The van der Waals surface area contributed by atoms with Gasteiger partial charge in [0.1, 0.15) is 25.8 Å². The van der Waals surface area contributed by atoms with Crippen LogP contribution in [0.25, 0.3) is 49.8 Å². The second kappa shape index (κ2) is 30.0.